The van der Waals surface area contributed by atoms with Gasteiger partial charge in [0, 0.05) is 19.1 Å². The minimum absolute atomic E-state index is 0.0550. The van der Waals surface area contributed by atoms with Gasteiger partial charge in [-0.25, -0.2) is 4.79 Å². The van der Waals surface area contributed by atoms with Gasteiger partial charge in [-0.05, 0) is 26.7 Å². The number of nitrogens with zero attached hydrogens (tertiary/aromatic N) is 2. The van der Waals surface area contributed by atoms with Crippen molar-refractivity contribution in [2.75, 3.05) is 19.6 Å². The molecule has 102 valence electrons. The van der Waals surface area contributed by atoms with Crippen molar-refractivity contribution >= 4 is 12.0 Å². The third kappa shape index (κ3) is 3.75. The van der Waals surface area contributed by atoms with E-state index in [0.29, 0.717) is 13.1 Å². The van der Waals surface area contributed by atoms with Crippen LogP contribution in [0.4, 0.5) is 4.79 Å². The third-order valence-electron chi connectivity index (χ3n) is 3.38. The van der Waals surface area contributed by atoms with Crippen LogP contribution >= 0.6 is 0 Å². The van der Waals surface area contributed by atoms with Crippen molar-refractivity contribution in [3.8, 4) is 0 Å². The van der Waals surface area contributed by atoms with Gasteiger partial charge in [0.25, 0.3) is 0 Å². The molecule has 1 atom stereocenters. The molecule has 0 aromatic carbocycles. The lowest BCUT2D eigenvalue weighted by atomic mass is 10.1. The smallest absolute Gasteiger partial charge is 0.323 e. The molecule has 5 heteroatoms. The molecular formula is C13H22N2O3. The Morgan fingerprint density at radius 2 is 2.22 bits per heavy atom. The molecule has 18 heavy (non-hydrogen) atoms. The fraction of sp³-hybridized carbons (Fsp3) is 0.692. The highest BCUT2D eigenvalue weighted by Crippen LogP contribution is 2.14. The van der Waals surface area contributed by atoms with Crippen LogP contribution in [0.3, 0.4) is 0 Å². The predicted octanol–water partition coefficient (Wildman–Crippen LogP) is 1.94. The van der Waals surface area contributed by atoms with Crippen molar-refractivity contribution in [1.29, 1.82) is 0 Å². The summed E-state index contributed by atoms with van der Waals surface area (Å²) in [5, 5.41) is 8.89. The van der Waals surface area contributed by atoms with Gasteiger partial charge < -0.3 is 14.9 Å². The summed E-state index contributed by atoms with van der Waals surface area (Å²) < 4.78 is 0. The van der Waals surface area contributed by atoms with E-state index in [-0.39, 0.29) is 18.6 Å². The molecule has 0 saturated carbocycles. The predicted molar refractivity (Wildman–Crippen MR) is 69.4 cm³/mol. The van der Waals surface area contributed by atoms with Crippen LogP contribution < -0.4 is 0 Å². The van der Waals surface area contributed by atoms with Crippen molar-refractivity contribution in [2.45, 2.75) is 39.7 Å². The maximum Gasteiger partial charge on any atom is 0.323 e. The van der Waals surface area contributed by atoms with Gasteiger partial charge in [0.2, 0.25) is 0 Å². The molecule has 5 nitrogen and oxygen atoms in total. The van der Waals surface area contributed by atoms with Crippen LogP contribution in [0, 0.1) is 0 Å². The maximum absolute atomic E-state index is 12.3. The number of carboxylic acids is 1. The summed E-state index contributed by atoms with van der Waals surface area (Å²) in [6, 6.07) is -0.226. The molecule has 0 fully saturated rings. The molecule has 0 radical (unpaired) electrons. The Morgan fingerprint density at radius 3 is 2.67 bits per heavy atom. The van der Waals surface area contributed by atoms with E-state index in [0.717, 1.165) is 12.8 Å². The molecule has 0 saturated heterocycles. The number of carboxylic acid groups (broad SMARTS) is 1. The Kier molecular flexibility index (Phi) is 5.19. The Labute approximate surface area is 108 Å². The van der Waals surface area contributed by atoms with E-state index < -0.39 is 5.97 Å². The maximum atomic E-state index is 12.3. The first-order chi connectivity index (χ1) is 8.45. The second-order valence-corrected chi connectivity index (χ2v) is 4.81. The normalized spacial score (nSPS) is 17.1. The van der Waals surface area contributed by atoms with Crippen molar-refractivity contribution in [3.63, 3.8) is 0 Å². The second kappa shape index (κ2) is 6.42. The Hall–Kier alpha value is -1.52. The van der Waals surface area contributed by atoms with Gasteiger partial charge >= 0.3 is 12.0 Å². The van der Waals surface area contributed by atoms with Crippen LogP contribution in [0.25, 0.3) is 0 Å². The molecule has 1 unspecified atom stereocenters. The fourth-order valence-corrected chi connectivity index (χ4v) is 1.90. The van der Waals surface area contributed by atoms with Gasteiger partial charge in [0.05, 0.1) is 0 Å². The highest BCUT2D eigenvalue weighted by molar-refractivity contribution is 5.80. The SMILES string of the molecule is CCC(C)N(CC(=O)O)C(=O)N1CC=C(C)CC1. The van der Waals surface area contributed by atoms with Gasteiger partial charge in [0.15, 0.2) is 0 Å². The Balaban J connectivity index is 2.73. The van der Waals surface area contributed by atoms with E-state index in [9.17, 15) is 9.59 Å². The third-order valence-corrected chi connectivity index (χ3v) is 3.38. The first-order valence-electron chi connectivity index (χ1n) is 6.38. The zero-order chi connectivity index (χ0) is 13.7. The van der Waals surface area contributed by atoms with Crippen LogP contribution in [-0.4, -0.2) is 52.6 Å². The van der Waals surface area contributed by atoms with Crippen molar-refractivity contribution in [3.05, 3.63) is 11.6 Å². The summed E-state index contributed by atoms with van der Waals surface area (Å²) in [5.41, 5.74) is 1.28. The number of hydrogen-bond acceptors (Lipinski definition) is 2. The average molecular weight is 254 g/mol. The second-order valence-electron chi connectivity index (χ2n) is 4.81. The summed E-state index contributed by atoms with van der Waals surface area (Å²) in [6.45, 7) is 6.91. The Morgan fingerprint density at radius 1 is 1.56 bits per heavy atom. The number of amides is 2. The lowest BCUT2D eigenvalue weighted by molar-refractivity contribution is -0.138. The first kappa shape index (κ1) is 14.5. The van der Waals surface area contributed by atoms with Crippen molar-refractivity contribution < 1.29 is 14.7 Å². The highest BCUT2D eigenvalue weighted by Gasteiger charge is 2.26. The van der Waals surface area contributed by atoms with E-state index in [1.165, 1.54) is 10.5 Å². The Bertz CT molecular complexity index is 352. The van der Waals surface area contributed by atoms with E-state index in [1.807, 2.05) is 26.8 Å². The number of rotatable bonds is 4. The number of urea groups is 1. The molecule has 0 spiro atoms. The van der Waals surface area contributed by atoms with Gasteiger partial charge in [-0.2, -0.15) is 0 Å². The van der Waals surface area contributed by atoms with E-state index in [2.05, 4.69) is 0 Å². The van der Waals surface area contributed by atoms with E-state index >= 15 is 0 Å². The summed E-state index contributed by atoms with van der Waals surface area (Å²) >= 11 is 0. The molecule has 0 aromatic rings. The summed E-state index contributed by atoms with van der Waals surface area (Å²) in [7, 11) is 0. The summed E-state index contributed by atoms with van der Waals surface area (Å²) in [4.78, 5) is 26.3. The summed E-state index contributed by atoms with van der Waals surface area (Å²) in [5.74, 6) is -0.965. The summed E-state index contributed by atoms with van der Waals surface area (Å²) in [6.07, 6.45) is 3.64. The van der Waals surface area contributed by atoms with Crippen molar-refractivity contribution in [2.24, 2.45) is 0 Å². The molecule has 1 aliphatic heterocycles. The van der Waals surface area contributed by atoms with Crippen LogP contribution in [0.1, 0.15) is 33.6 Å². The number of carbonyl (C=O) groups excluding carboxylic acids is 1. The van der Waals surface area contributed by atoms with E-state index in [4.69, 9.17) is 5.11 Å². The topological polar surface area (TPSA) is 60.9 Å². The van der Waals surface area contributed by atoms with Crippen LogP contribution in [-0.2, 0) is 4.79 Å². The first-order valence-corrected chi connectivity index (χ1v) is 6.38. The van der Waals surface area contributed by atoms with E-state index in [1.54, 1.807) is 4.90 Å². The monoisotopic (exact) mass is 254 g/mol. The number of aliphatic carboxylic acids is 1. The minimum atomic E-state index is -0.965. The molecule has 1 rings (SSSR count). The lowest BCUT2D eigenvalue weighted by Gasteiger charge is -2.34. The fourth-order valence-electron chi connectivity index (χ4n) is 1.90. The molecule has 1 aliphatic rings. The molecule has 1 heterocycles. The van der Waals surface area contributed by atoms with Gasteiger partial charge in [-0.1, -0.05) is 18.6 Å². The standard InChI is InChI=1S/C13H22N2O3/c1-4-11(3)15(9-12(16)17)13(18)14-7-5-10(2)6-8-14/h5,11H,4,6-9H2,1-3H3,(H,16,17). The van der Waals surface area contributed by atoms with Crippen LogP contribution in [0.15, 0.2) is 11.6 Å². The average Bonchev–Trinajstić information content (AvgIpc) is 2.35. The van der Waals surface area contributed by atoms with Gasteiger partial charge in [0.1, 0.15) is 6.54 Å². The molecular weight excluding hydrogens is 232 g/mol. The number of carbonyl (C=O) groups is 2. The largest absolute Gasteiger partial charge is 0.480 e. The van der Waals surface area contributed by atoms with Gasteiger partial charge in [-0.3, -0.25) is 4.79 Å². The molecule has 1 N–H and O–H groups in total. The van der Waals surface area contributed by atoms with Crippen molar-refractivity contribution in [1.82, 2.24) is 9.80 Å². The number of hydrogen-bond donors (Lipinski definition) is 1. The van der Waals surface area contributed by atoms with Crippen LogP contribution in [0.5, 0.6) is 0 Å². The quantitative estimate of drug-likeness (QED) is 0.780. The molecule has 0 aromatic heterocycles. The zero-order valence-electron chi connectivity index (χ0n) is 11.3. The molecule has 0 aliphatic carbocycles. The minimum Gasteiger partial charge on any atom is -0.480 e. The zero-order valence-corrected chi connectivity index (χ0v) is 11.3. The molecule has 2 amide bonds. The lowest BCUT2D eigenvalue weighted by Crippen LogP contribution is -2.50. The van der Waals surface area contributed by atoms with Gasteiger partial charge in [-0.15, -0.1) is 0 Å². The highest BCUT2D eigenvalue weighted by atomic mass is 16.4. The van der Waals surface area contributed by atoms with Crippen LogP contribution in [0.2, 0.25) is 0 Å². The molecule has 0 bridgehead atoms.